The van der Waals surface area contributed by atoms with Crippen LogP contribution >= 0.6 is 8.38 Å². The van der Waals surface area contributed by atoms with Crippen LogP contribution in [0, 0.1) is 0 Å². The smallest absolute Gasteiger partial charge is 0.334 e. The molecule has 0 aliphatic heterocycles. The van der Waals surface area contributed by atoms with Gasteiger partial charge in [0.2, 0.25) is 0 Å². The quantitative estimate of drug-likeness (QED) is 0.664. The van der Waals surface area contributed by atoms with Gasteiger partial charge in [0, 0.05) is 11.7 Å². The molecule has 0 bridgehead atoms. The molecule has 0 radical (unpaired) electrons. The molecule has 0 amide bonds. The van der Waals surface area contributed by atoms with Crippen molar-refractivity contribution in [3.63, 3.8) is 0 Å². The highest BCUT2D eigenvalue weighted by Crippen LogP contribution is 2.42. The first kappa shape index (κ1) is 15.7. The molecule has 1 rings (SSSR count). The summed E-state index contributed by atoms with van der Waals surface area (Å²) in [6.07, 6.45) is -0.393. The van der Waals surface area contributed by atoms with Crippen molar-refractivity contribution in [3.05, 3.63) is 23.3 Å². The first-order valence-corrected chi connectivity index (χ1v) is 7.32. The molecule has 18 heavy (non-hydrogen) atoms. The zero-order valence-corrected chi connectivity index (χ0v) is 11.5. The monoisotopic (exact) mass is 282 g/mol. The van der Waals surface area contributed by atoms with E-state index in [1.165, 1.54) is 6.08 Å². The van der Waals surface area contributed by atoms with Crippen molar-refractivity contribution in [2.75, 3.05) is 19.4 Å². The minimum Gasteiger partial charge on any atom is -0.334 e. The summed E-state index contributed by atoms with van der Waals surface area (Å²) in [5.74, 6) is 0. The molecular formula is C12H18F3O2P. The summed E-state index contributed by atoms with van der Waals surface area (Å²) >= 11 is 0. The second kappa shape index (κ2) is 7.27. The molecule has 0 unspecified atom stereocenters. The fourth-order valence-electron chi connectivity index (χ4n) is 1.63. The lowest BCUT2D eigenvalue weighted by atomic mass is 9.99. The van der Waals surface area contributed by atoms with Crippen LogP contribution in [0.5, 0.6) is 0 Å². The van der Waals surface area contributed by atoms with Gasteiger partial charge in [-0.3, -0.25) is 0 Å². The molecule has 0 aromatic carbocycles. The summed E-state index contributed by atoms with van der Waals surface area (Å²) in [6.45, 7) is 4.88. The van der Waals surface area contributed by atoms with Crippen LogP contribution in [-0.4, -0.2) is 25.6 Å². The van der Waals surface area contributed by atoms with Gasteiger partial charge in [-0.05, 0) is 26.7 Å². The largest absolute Gasteiger partial charge is 0.412 e. The fourth-order valence-corrected chi connectivity index (χ4v) is 3.06. The summed E-state index contributed by atoms with van der Waals surface area (Å²) in [5, 5.41) is 0. The van der Waals surface area contributed by atoms with Crippen molar-refractivity contribution >= 4 is 8.38 Å². The Balaban J connectivity index is 2.58. The second-order valence-electron chi connectivity index (χ2n) is 3.84. The van der Waals surface area contributed by atoms with Gasteiger partial charge in [-0.1, -0.05) is 17.7 Å². The van der Waals surface area contributed by atoms with E-state index in [1.54, 1.807) is 6.08 Å². The van der Waals surface area contributed by atoms with E-state index in [2.05, 4.69) is 0 Å². The van der Waals surface area contributed by atoms with Crippen LogP contribution in [0.4, 0.5) is 13.2 Å². The van der Waals surface area contributed by atoms with Gasteiger partial charge >= 0.3 is 6.18 Å². The van der Waals surface area contributed by atoms with Crippen molar-refractivity contribution in [1.29, 1.82) is 0 Å². The molecule has 0 spiro atoms. The summed E-state index contributed by atoms with van der Waals surface area (Å²) in [4.78, 5) is 0. The van der Waals surface area contributed by atoms with Crippen LogP contribution in [0.15, 0.2) is 23.3 Å². The third kappa shape index (κ3) is 5.09. The van der Waals surface area contributed by atoms with E-state index in [1.807, 2.05) is 13.8 Å². The Bertz CT molecular complexity index is 318. The van der Waals surface area contributed by atoms with Crippen molar-refractivity contribution in [1.82, 2.24) is 0 Å². The second-order valence-corrected chi connectivity index (χ2v) is 5.34. The van der Waals surface area contributed by atoms with E-state index in [0.717, 1.165) is 5.57 Å². The summed E-state index contributed by atoms with van der Waals surface area (Å²) in [5.41, 5.74) is 0.513. The van der Waals surface area contributed by atoms with Gasteiger partial charge in [-0.2, -0.15) is 13.2 Å². The van der Waals surface area contributed by atoms with Gasteiger partial charge in [0.15, 0.2) is 8.38 Å². The van der Waals surface area contributed by atoms with E-state index in [0.29, 0.717) is 25.8 Å². The average molecular weight is 282 g/mol. The number of hydrogen-bond acceptors (Lipinski definition) is 2. The molecule has 104 valence electrons. The van der Waals surface area contributed by atoms with Crippen molar-refractivity contribution < 1.29 is 22.2 Å². The minimum atomic E-state index is -4.20. The van der Waals surface area contributed by atoms with Gasteiger partial charge in [0.05, 0.1) is 13.2 Å². The summed E-state index contributed by atoms with van der Waals surface area (Å²) < 4.78 is 48.2. The lowest BCUT2D eigenvalue weighted by molar-refractivity contribution is -0.0941. The number of allylic oxidation sites excluding steroid dienone is 4. The van der Waals surface area contributed by atoms with Crippen molar-refractivity contribution in [2.24, 2.45) is 0 Å². The third-order valence-electron chi connectivity index (χ3n) is 2.48. The standard InChI is InChI=1S/C12H18F3O2P/c1-3-16-18(17-4-2)9-10-5-7-11(8-6-10)12(13,14)15/h5,7H,3-4,6,8-9H2,1-2H3. The molecule has 0 N–H and O–H groups in total. The highest BCUT2D eigenvalue weighted by molar-refractivity contribution is 7.47. The zero-order valence-electron chi connectivity index (χ0n) is 10.6. The van der Waals surface area contributed by atoms with E-state index in [9.17, 15) is 13.2 Å². The molecule has 0 saturated carbocycles. The predicted molar refractivity (Wildman–Crippen MR) is 66.5 cm³/mol. The van der Waals surface area contributed by atoms with Gasteiger partial charge < -0.3 is 9.05 Å². The Hall–Kier alpha value is -0.380. The Morgan fingerprint density at radius 1 is 1.11 bits per heavy atom. The van der Waals surface area contributed by atoms with E-state index >= 15 is 0 Å². The molecule has 0 aromatic rings. The molecule has 0 atom stereocenters. The molecular weight excluding hydrogens is 264 g/mol. The van der Waals surface area contributed by atoms with Gasteiger partial charge in [-0.15, -0.1) is 0 Å². The van der Waals surface area contributed by atoms with Crippen LogP contribution in [0.3, 0.4) is 0 Å². The zero-order chi connectivity index (χ0) is 13.6. The van der Waals surface area contributed by atoms with Gasteiger partial charge in [0.1, 0.15) is 0 Å². The molecule has 0 heterocycles. The fraction of sp³-hybridized carbons (Fsp3) is 0.667. The lowest BCUT2D eigenvalue weighted by Gasteiger charge is -2.20. The Morgan fingerprint density at radius 3 is 2.11 bits per heavy atom. The molecule has 0 aromatic heterocycles. The van der Waals surface area contributed by atoms with Crippen LogP contribution in [0.2, 0.25) is 0 Å². The molecule has 1 aliphatic carbocycles. The molecule has 2 nitrogen and oxygen atoms in total. The number of rotatable bonds is 6. The SMILES string of the molecule is CCOP(CC1=CC=C(C(F)(F)F)CC1)OCC. The molecule has 0 fully saturated rings. The minimum absolute atomic E-state index is 0.0523. The summed E-state index contributed by atoms with van der Waals surface area (Å²) in [6, 6.07) is 0. The molecule has 1 aliphatic rings. The molecule has 6 heteroatoms. The van der Waals surface area contributed by atoms with E-state index in [-0.39, 0.29) is 6.42 Å². The van der Waals surface area contributed by atoms with E-state index in [4.69, 9.17) is 9.05 Å². The molecule has 0 saturated heterocycles. The first-order chi connectivity index (χ1) is 8.47. The van der Waals surface area contributed by atoms with Crippen LogP contribution in [0.25, 0.3) is 0 Å². The first-order valence-electron chi connectivity index (χ1n) is 5.96. The predicted octanol–water partition coefficient (Wildman–Crippen LogP) is 4.58. The third-order valence-corrected chi connectivity index (χ3v) is 4.23. The lowest BCUT2D eigenvalue weighted by Crippen LogP contribution is -2.14. The van der Waals surface area contributed by atoms with Crippen molar-refractivity contribution in [2.45, 2.75) is 32.9 Å². The van der Waals surface area contributed by atoms with Crippen LogP contribution in [-0.2, 0) is 9.05 Å². The highest BCUT2D eigenvalue weighted by Gasteiger charge is 2.33. The number of alkyl halides is 3. The van der Waals surface area contributed by atoms with Crippen LogP contribution < -0.4 is 0 Å². The maximum absolute atomic E-state index is 12.4. The average Bonchev–Trinajstić information content (AvgIpc) is 2.29. The summed E-state index contributed by atoms with van der Waals surface area (Å²) in [7, 11) is -1.00. The maximum atomic E-state index is 12.4. The Labute approximate surface area is 107 Å². The number of hydrogen-bond donors (Lipinski definition) is 0. The highest BCUT2D eigenvalue weighted by atomic mass is 31.2. The van der Waals surface area contributed by atoms with E-state index < -0.39 is 20.1 Å². The van der Waals surface area contributed by atoms with Crippen molar-refractivity contribution in [3.8, 4) is 0 Å². The maximum Gasteiger partial charge on any atom is 0.412 e. The topological polar surface area (TPSA) is 18.5 Å². The van der Waals surface area contributed by atoms with Gasteiger partial charge in [0.25, 0.3) is 0 Å². The van der Waals surface area contributed by atoms with Crippen LogP contribution in [0.1, 0.15) is 26.7 Å². The number of halogens is 3. The Morgan fingerprint density at radius 2 is 1.72 bits per heavy atom. The normalized spacial score (nSPS) is 16.8. The van der Waals surface area contributed by atoms with Gasteiger partial charge in [-0.25, -0.2) is 0 Å². The Kier molecular flexibility index (Phi) is 6.33.